The zero-order valence-corrected chi connectivity index (χ0v) is 28.4. The van der Waals surface area contributed by atoms with Crippen molar-refractivity contribution in [3.63, 3.8) is 0 Å². The summed E-state index contributed by atoms with van der Waals surface area (Å²) in [5, 5.41) is 2.14. The lowest BCUT2D eigenvalue weighted by Crippen LogP contribution is -2.40. The quantitative estimate of drug-likeness (QED) is 0.157. The van der Waals surface area contributed by atoms with E-state index in [1.807, 2.05) is 103 Å². The summed E-state index contributed by atoms with van der Waals surface area (Å²) in [6, 6.07) is 29.6. The zero-order chi connectivity index (χ0) is 33.4. The highest BCUT2D eigenvalue weighted by atomic mass is 35.5. The first kappa shape index (κ1) is 31.7. The monoisotopic (exact) mass is 693 g/mol. The maximum absolute atomic E-state index is 14.5. The Morgan fingerprint density at radius 1 is 0.979 bits per heavy atom. The van der Waals surface area contributed by atoms with Crippen LogP contribution in [0, 0.1) is 0 Å². The highest BCUT2D eigenvalue weighted by molar-refractivity contribution is 7.07. The minimum absolute atomic E-state index is 0.172. The molecule has 10 heteroatoms. The van der Waals surface area contributed by atoms with Crippen LogP contribution in [0.4, 0.5) is 0 Å². The Labute approximate surface area is 290 Å². The van der Waals surface area contributed by atoms with E-state index in [0.29, 0.717) is 42.9 Å². The minimum atomic E-state index is -0.804. The third kappa shape index (κ3) is 5.87. The van der Waals surface area contributed by atoms with Crippen LogP contribution in [0.15, 0.2) is 119 Å². The van der Waals surface area contributed by atoms with Crippen LogP contribution < -0.4 is 19.6 Å². The Hall–Kier alpha value is -4.89. The van der Waals surface area contributed by atoms with Crippen LogP contribution in [0.25, 0.3) is 22.7 Å². The van der Waals surface area contributed by atoms with E-state index in [9.17, 15) is 9.59 Å². The van der Waals surface area contributed by atoms with E-state index in [0.717, 1.165) is 27.6 Å². The molecule has 2 aromatic heterocycles. The van der Waals surface area contributed by atoms with Crippen molar-refractivity contribution in [2.24, 2.45) is 4.99 Å². The minimum Gasteiger partial charge on any atom is -0.497 e. The van der Waals surface area contributed by atoms with Crippen molar-refractivity contribution in [1.29, 1.82) is 0 Å². The van der Waals surface area contributed by atoms with E-state index >= 15 is 0 Å². The molecule has 0 saturated carbocycles. The predicted molar refractivity (Wildman–Crippen MR) is 192 cm³/mol. The molecule has 0 saturated heterocycles. The molecule has 48 heavy (non-hydrogen) atoms. The molecule has 4 aromatic carbocycles. The Balaban J connectivity index is 1.45. The molecule has 240 valence electrons. The number of aromatic nitrogens is 2. The Bertz CT molecular complexity index is 2410. The highest BCUT2D eigenvalue weighted by Crippen LogP contribution is 2.36. The number of fused-ring (bicyclic) bond motifs is 2. The summed E-state index contributed by atoms with van der Waals surface area (Å²) >= 11 is 14.0. The lowest BCUT2D eigenvalue weighted by molar-refractivity contribution is -0.138. The Morgan fingerprint density at radius 3 is 2.54 bits per heavy atom. The predicted octanol–water partition coefficient (Wildman–Crippen LogP) is 7.25. The first-order valence-electron chi connectivity index (χ1n) is 15.3. The number of hydrogen-bond acceptors (Lipinski definition) is 6. The molecule has 0 aliphatic carbocycles. The first-order chi connectivity index (χ1) is 23.4. The molecule has 0 spiro atoms. The number of ether oxygens (including phenoxy) is 2. The number of benzene rings is 4. The van der Waals surface area contributed by atoms with Gasteiger partial charge >= 0.3 is 5.97 Å². The molecule has 7 nitrogen and oxygen atoms in total. The number of methoxy groups -OCH3 is 1. The van der Waals surface area contributed by atoms with Crippen molar-refractivity contribution in [3.8, 4) is 5.75 Å². The third-order valence-electron chi connectivity index (χ3n) is 8.25. The molecule has 0 amide bonds. The van der Waals surface area contributed by atoms with Gasteiger partial charge in [0.05, 0.1) is 35.6 Å². The van der Waals surface area contributed by atoms with Crippen LogP contribution in [-0.2, 0) is 16.1 Å². The summed E-state index contributed by atoms with van der Waals surface area (Å²) in [5.74, 6) is 0.0656. The van der Waals surface area contributed by atoms with Gasteiger partial charge in [-0.1, -0.05) is 101 Å². The molecule has 3 heterocycles. The van der Waals surface area contributed by atoms with Crippen LogP contribution in [0.3, 0.4) is 0 Å². The van der Waals surface area contributed by atoms with Crippen molar-refractivity contribution in [2.75, 3.05) is 13.7 Å². The molecule has 1 aliphatic heterocycles. The molecule has 1 unspecified atom stereocenters. The summed E-state index contributed by atoms with van der Waals surface area (Å²) in [6.07, 6.45) is 3.91. The molecule has 1 atom stereocenters. The molecule has 6 aromatic rings. The number of carbonyl (C=O) groups is 1. The van der Waals surface area contributed by atoms with E-state index in [2.05, 4.69) is 4.57 Å². The second-order valence-electron chi connectivity index (χ2n) is 11.2. The fraction of sp³-hybridized carbons (Fsp3) is 0.132. The highest BCUT2D eigenvalue weighted by Gasteiger charge is 2.35. The van der Waals surface area contributed by atoms with Gasteiger partial charge in [-0.3, -0.25) is 9.36 Å². The van der Waals surface area contributed by atoms with E-state index in [1.165, 1.54) is 11.3 Å². The van der Waals surface area contributed by atoms with Gasteiger partial charge in [0.1, 0.15) is 5.75 Å². The van der Waals surface area contributed by atoms with Crippen LogP contribution in [0.5, 0.6) is 5.75 Å². The van der Waals surface area contributed by atoms with E-state index < -0.39 is 12.0 Å². The van der Waals surface area contributed by atoms with Crippen molar-refractivity contribution < 1.29 is 14.3 Å². The van der Waals surface area contributed by atoms with Crippen molar-refractivity contribution in [1.82, 2.24) is 9.13 Å². The van der Waals surface area contributed by atoms with Crippen LogP contribution in [0.2, 0.25) is 10.0 Å². The number of hydrogen-bond donors (Lipinski definition) is 0. The van der Waals surface area contributed by atoms with Crippen LogP contribution in [0.1, 0.15) is 35.2 Å². The van der Waals surface area contributed by atoms with Crippen molar-refractivity contribution in [3.05, 3.63) is 161 Å². The van der Waals surface area contributed by atoms with Gasteiger partial charge in [-0.15, -0.1) is 0 Å². The number of thiazole rings is 1. The smallest absolute Gasteiger partial charge is 0.338 e. The van der Waals surface area contributed by atoms with E-state index in [-0.39, 0.29) is 17.7 Å². The molecular formula is C38H29Cl2N3O4S. The number of halogens is 2. The van der Waals surface area contributed by atoms with Gasteiger partial charge in [0.15, 0.2) is 4.80 Å². The lowest BCUT2D eigenvalue weighted by Gasteiger charge is -2.26. The fourth-order valence-electron chi connectivity index (χ4n) is 6.06. The maximum Gasteiger partial charge on any atom is 0.338 e. The zero-order valence-electron chi connectivity index (χ0n) is 26.0. The Kier molecular flexibility index (Phi) is 8.79. The molecule has 7 rings (SSSR count). The number of nitrogens with zero attached hydrogens (tertiary/aromatic N) is 3. The van der Waals surface area contributed by atoms with E-state index in [4.69, 9.17) is 37.7 Å². The molecule has 0 N–H and O–H groups in total. The number of carbonyl (C=O) groups excluding carboxylic acids is 1. The fourth-order valence-corrected chi connectivity index (χ4v) is 7.52. The molecular weight excluding hydrogens is 665 g/mol. The summed E-state index contributed by atoms with van der Waals surface area (Å²) in [5.41, 5.74) is 4.71. The number of rotatable bonds is 8. The van der Waals surface area contributed by atoms with Crippen LogP contribution >= 0.6 is 34.5 Å². The van der Waals surface area contributed by atoms with Gasteiger partial charge in [0.25, 0.3) is 5.56 Å². The topological polar surface area (TPSA) is 74.8 Å². The van der Waals surface area contributed by atoms with Crippen molar-refractivity contribution >= 4 is 63.2 Å². The average molecular weight is 695 g/mol. The van der Waals surface area contributed by atoms with Gasteiger partial charge in [-0.2, -0.15) is 0 Å². The molecule has 0 radical (unpaired) electrons. The van der Waals surface area contributed by atoms with Gasteiger partial charge in [0, 0.05) is 44.8 Å². The second kappa shape index (κ2) is 13.3. The Morgan fingerprint density at radius 2 is 1.77 bits per heavy atom. The maximum atomic E-state index is 14.5. The first-order valence-corrected chi connectivity index (χ1v) is 16.9. The second-order valence-corrected chi connectivity index (χ2v) is 13.0. The SMILES string of the molecule is CCOC(=O)C1=C(c2ccccc2)N=c2s/c(=C/c3cn(Cc4ccc(Cl)cc4Cl)c4ccccc34)c(=O)n2C1c1cccc(OC)c1. The largest absolute Gasteiger partial charge is 0.497 e. The standard InChI is InChI=1S/C38H29Cl2N3O4S/c1-3-47-37(45)33-34(23-10-5-4-6-11-23)41-38-43(35(33)24-12-9-13-28(18-24)46-2)36(44)32(48-38)19-26-22-42(31-15-8-7-14-29(26)31)21-25-16-17-27(39)20-30(25)40/h4-20,22,35H,3,21H2,1-2H3/b32-19+. The van der Waals surface area contributed by atoms with E-state index in [1.54, 1.807) is 24.7 Å². The lowest BCUT2D eigenvalue weighted by atomic mass is 9.93. The summed E-state index contributed by atoms with van der Waals surface area (Å²) in [6.45, 7) is 2.45. The molecule has 0 fully saturated rings. The van der Waals surface area contributed by atoms with Crippen molar-refractivity contribution in [2.45, 2.75) is 19.5 Å². The van der Waals surface area contributed by atoms with Gasteiger partial charge in [-0.05, 0) is 54.5 Å². The van der Waals surface area contributed by atoms with Gasteiger partial charge in [0.2, 0.25) is 0 Å². The molecule has 1 aliphatic rings. The number of para-hydroxylation sites is 1. The van der Waals surface area contributed by atoms with Gasteiger partial charge in [-0.25, -0.2) is 9.79 Å². The summed E-state index contributed by atoms with van der Waals surface area (Å²) in [4.78, 5) is 33.7. The normalized spacial score (nSPS) is 14.6. The average Bonchev–Trinajstić information content (AvgIpc) is 3.61. The van der Waals surface area contributed by atoms with Gasteiger partial charge < -0.3 is 14.0 Å². The molecule has 0 bridgehead atoms. The third-order valence-corrected chi connectivity index (χ3v) is 9.81. The summed E-state index contributed by atoms with van der Waals surface area (Å²) < 4.78 is 15.3. The van der Waals surface area contributed by atoms with Crippen LogP contribution in [-0.4, -0.2) is 28.8 Å². The summed E-state index contributed by atoms with van der Waals surface area (Å²) in [7, 11) is 1.58. The number of esters is 1.